The summed E-state index contributed by atoms with van der Waals surface area (Å²) in [6.07, 6.45) is -4.84. The van der Waals surface area contributed by atoms with Gasteiger partial charge >= 0.3 is 5.97 Å². The summed E-state index contributed by atoms with van der Waals surface area (Å²) in [4.78, 5) is 10.1. The lowest BCUT2D eigenvalue weighted by molar-refractivity contribution is -0.331. The number of ether oxygens (including phenoxy) is 2. The first-order chi connectivity index (χ1) is 8.81. The minimum absolute atomic E-state index is 0.324. The van der Waals surface area contributed by atoms with E-state index >= 15 is 0 Å². The number of cyclic esters (lactones) is 1. The van der Waals surface area contributed by atoms with E-state index in [-0.39, 0.29) is 6.61 Å². The fourth-order valence-corrected chi connectivity index (χ4v) is 1.52. The second-order valence-electron chi connectivity index (χ2n) is 4.29. The number of rotatable bonds is 1. The third kappa shape index (κ3) is 3.83. The lowest BCUT2D eigenvalue weighted by atomic mass is 9.98. The van der Waals surface area contributed by atoms with Crippen molar-refractivity contribution in [3.8, 4) is 0 Å². The van der Waals surface area contributed by atoms with Crippen LogP contribution >= 0.6 is 0 Å². The van der Waals surface area contributed by atoms with Gasteiger partial charge in [-0.25, -0.2) is 4.79 Å². The van der Waals surface area contributed by atoms with Gasteiger partial charge in [0.25, 0.3) is 0 Å². The molecule has 0 spiro atoms. The Labute approximate surface area is 108 Å². The molecule has 0 radical (unpaired) electrons. The molecule has 6 N–H and O–H groups in total. The van der Waals surface area contributed by atoms with Crippen LogP contribution in [0.4, 0.5) is 0 Å². The Hall–Kier alpha value is -0.810. The fourth-order valence-electron chi connectivity index (χ4n) is 1.52. The maximum absolute atomic E-state index is 10.1. The van der Waals surface area contributed by atoms with Gasteiger partial charge in [0.15, 0.2) is 6.10 Å². The largest absolute Gasteiger partial charge is 0.464 e. The first-order valence-electron chi connectivity index (χ1n) is 5.68. The minimum atomic E-state index is -2.17. The SMILES string of the molecule is O=C1OCCC1O.OC[C@]1(O)OC[C@@H](O)[C@@H](O)[C@@H]1O. The zero-order valence-corrected chi connectivity index (χ0v) is 10.0. The fraction of sp³-hybridized carbons (Fsp3) is 0.900. The summed E-state index contributed by atoms with van der Waals surface area (Å²) in [7, 11) is 0. The normalized spacial score (nSPS) is 42.3. The Balaban J connectivity index is 0.000000218. The molecule has 2 saturated heterocycles. The highest BCUT2D eigenvalue weighted by Crippen LogP contribution is 2.22. The van der Waals surface area contributed by atoms with E-state index in [2.05, 4.69) is 9.47 Å². The van der Waals surface area contributed by atoms with E-state index in [9.17, 15) is 9.90 Å². The Morgan fingerprint density at radius 2 is 1.89 bits per heavy atom. The van der Waals surface area contributed by atoms with Crippen molar-refractivity contribution in [3.63, 3.8) is 0 Å². The summed E-state index contributed by atoms with van der Waals surface area (Å²) < 4.78 is 8.93. The number of esters is 1. The molecule has 2 aliphatic heterocycles. The van der Waals surface area contributed by atoms with Crippen LogP contribution in [0.15, 0.2) is 0 Å². The van der Waals surface area contributed by atoms with Crippen molar-refractivity contribution in [2.24, 2.45) is 0 Å². The molecule has 1 unspecified atom stereocenters. The summed E-state index contributed by atoms with van der Waals surface area (Å²) in [5.74, 6) is -2.65. The first kappa shape index (κ1) is 16.2. The van der Waals surface area contributed by atoms with Crippen molar-refractivity contribution < 1.29 is 44.9 Å². The Bertz CT molecular complexity index is 309. The highest BCUT2D eigenvalue weighted by atomic mass is 16.7. The summed E-state index contributed by atoms with van der Waals surface area (Å²) in [6, 6.07) is 0. The second-order valence-corrected chi connectivity index (χ2v) is 4.29. The lowest BCUT2D eigenvalue weighted by Gasteiger charge is -2.40. The quantitative estimate of drug-likeness (QED) is 0.264. The van der Waals surface area contributed by atoms with Gasteiger partial charge in [-0.05, 0) is 0 Å². The van der Waals surface area contributed by atoms with Crippen LogP contribution in [-0.2, 0) is 14.3 Å². The molecule has 2 aliphatic rings. The van der Waals surface area contributed by atoms with Crippen LogP contribution in [0.3, 0.4) is 0 Å². The van der Waals surface area contributed by atoms with E-state index < -0.39 is 42.8 Å². The van der Waals surface area contributed by atoms with Gasteiger partial charge in [0.2, 0.25) is 5.79 Å². The van der Waals surface area contributed by atoms with Crippen LogP contribution < -0.4 is 0 Å². The zero-order chi connectivity index (χ0) is 14.6. The van der Waals surface area contributed by atoms with E-state index in [0.717, 1.165) is 0 Å². The maximum atomic E-state index is 10.1. The zero-order valence-electron chi connectivity index (χ0n) is 10.0. The molecule has 0 aromatic heterocycles. The van der Waals surface area contributed by atoms with Gasteiger partial charge in [-0.2, -0.15) is 0 Å². The number of aliphatic hydroxyl groups excluding tert-OH is 5. The molecule has 0 aromatic carbocycles. The summed E-state index contributed by atoms with van der Waals surface area (Å²) in [5, 5.41) is 53.5. The molecule has 0 amide bonds. The molecular formula is C10H18O9. The second kappa shape index (κ2) is 6.57. The van der Waals surface area contributed by atoms with E-state index in [1.54, 1.807) is 0 Å². The molecule has 2 fully saturated rings. The lowest BCUT2D eigenvalue weighted by Crippen LogP contribution is -2.62. The van der Waals surface area contributed by atoms with E-state index in [0.29, 0.717) is 13.0 Å². The van der Waals surface area contributed by atoms with Gasteiger partial charge in [-0.1, -0.05) is 0 Å². The predicted octanol–water partition coefficient (Wildman–Crippen LogP) is -3.93. The standard InChI is InChI=1S/C6H12O6.C4H6O3/c7-2-6(11)5(10)4(9)3(8)1-12-6;5-3-1-2-7-4(3)6/h3-5,7-11H,1-2H2;3,5H,1-2H2/t3-,4-,5+,6+;/m1./s1. The number of aliphatic hydroxyl groups is 6. The van der Waals surface area contributed by atoms with Crippen LogP contribution in [-0.4, -0.2) is 86.6 Å². The monoisotopic (exact) mass is 282 g/mol. The van der Waals surface area contributed by atoms with Gasteiger partial charge < -0.3 is 40.1 Å². The number of hydrogen-bond donors (Lipinski definition) is 6. The number of carbonyl (C=O) groups excluding carboxylic acids is 1. The van der Waals surface area contributed by atoms with Crippen LogP contribution in [0.1, 0.15) is 6.42 Å². The van der Waals surface area contributed by atoms with Crippen molar-refractivity contribution >= 4 is 5.97 Å². The summed E-state index contributed by atoms with van der Waals surface area (Å²) >= 11 is 0. The Kier molecular flexibility index (Phi) is 5.62. The molecule has 19 heavy (non-hydrogen) atoms. The van der Waals surface area contributed by atoms with Gasteiger partial charge in [-0.3, -0.25) is 0 Å². The number of carbonyl (C=O) groups is 1. The van der Waals surface area contributed by atoms with Crippen molar-refractivity contribution in [3.05, 3.63) is 0 Å². The average Bonchev–Trinajstić information content (AvgIpc) is 2.77. The third-order valence-electron chi connectivity index (χ3n) is 2.82. The first-order valence-corrected chi connectivity index (χ1v) is 5.68. The molecule has 0 aliphatic carbocycles. The van der Waals surface area contributed by atoms with Crippen LogP contribution in [0, 0.1) is 0 Å². The highest BCUT2D eigenvalue weighted by Gasteiger charge is 2.47. The van der Waals surface area contributed by atoms with Crippen molar-refractivity contribution in [2.45, 2.75) is 36.6 Å². The van der Waals surface area contributed by atoms with E-state index in [4.69, 9.17) is 25.5 Å². The third-order valence-corrected chi connectivity index (χ3v) is 2.82. The highest BCUT2D eigenvalue weighted by molar-refractivity contribution is 5.75. The predicted molar refractivity (Wildman–Crippen MR) is 57.6 cm³/mol. The van der Waals surface area contributed by atoms with Crippen LogP contribution in [0.5, 0.6) is 0 Å². The van der Waals surface area contributed by atoms with E-state index in [1.165, 1.54) is 0 Å². The molecule has 0 bridgehead atoms. The summed E-state index contributed by atoms with van der Waals surface area (Å²) in [6.45, 7) is -0.784. The molecule has 0 aromatic rings. The van der Waals surface area contributed by atoms with Gasteiger partial charge in [-0.15, -0.1) is 0 Å². The van der Waals surface area contributed by atoms with Crippen LogP contribution in [0.2, 0.25) is 0 Å². The molecule has 2 heterocycles. The smallest absolute Gasteiger partial charge is 0.335 e. The molecule has 9 nitrogen and oxygen atoms in total. The van der Waals surface area contributed by atoms with Gasteiger partial charge in [0, 0.05) is 6.42 Å². The topological polar surface area (TPSA) is 157 Å². The minimum Gasteiger partial charge on any atom is -0.464 e. The molecule has 2 rings (SSSR count). The number of hydrogen-bond acceptors (Lipinski definition) is 9. The van der Waals surface area contributed by atoms with Gasteiger partial charge in [0.1, 0.15) is 18.3 Å². The molecule has 9 heteroatoms. The Morgan fingerprint density at radius 3 is 2.26 bits per heavy atom. The molecular weight excluding hydrogens is 264 g/mol. The Morgan fingerprint density at radius 1 is 1.26 bits per heavy atom. The molecule has 112 valence electrons. The van der Waals surface area contributed by atoms with Crippen molar-refractivity contribution in [1.29, 1.82) is 0 Å². The maximum Gasteiger partial charge on any atom is 0.335 e. The van der Waals surface area contributed by atoms with Crippen molar-refractivity contribution in [2.75, 3.05) is 19.8 Å². The summed E-state index contributed by atoms with van der Waals surface area (Å²) in [5.41, 5.74) is 0. The average molecular weight is 282 g/mol. The van der Waals surface area contributed by atoms with E-state index in [1.807, 2.05) is 0 Å². The van der Waals surface area contributed by atoms with Crippen molar-refractivity contribution in [1.82, 2.24) is 0 Å². The molecule has 0 saturated carbocycles. The van der Waals surface area contributed by atoms with Gasteiger partial charge in [0.05, 0.1) is 19.8 Å². The van der Waals surface area contributed by atoms with Crippen LogP contribution in [0.25, 0.3) is 0 Å². The molecule has 5 atom stereocenters.